The van der Waals surface area contributed by atoms with Crippen LogP contribution in [0.15, 0.2) is 6.20 Å². The minimum absolute atomic E-state index is 0.204. The van der Waals surface area contributed by atoms with E-state index in [0.29, 0.717) is 9.26 Å². The molecule has 140 valence electrons. The number of esters is 3. The van der Waals surface area contributed by atoms with Gasteiger partial charge in [-0.2, -0.15) is 10.4 Å². The molecule has 0 aromatic carbocycles. The number of nitriles is 1. The van der Waals surface area contributed by atoms with Crippen molar-refractivity contribution < 1.29 is 33.3 Å². The summed E-state index contributed by atoms with van der Waals surface area (Å²) in [5.74, 6) is -1.77. The topological polar surface area (TPSA) is 130 Å². The Morgan fingerprint density at radius 3 is 2.35 bits per heavy atom. The molecule has 0 bridgehead atoms. The lowest BCUT2D eigenvalue weighted by atomic mass is 10.1. The van der Waals surface area contributed by atoms with Gasteiger partial charge in [0, 0.05) is 20.8 Å². The van der Waals surface area contributed by atoms with Gasteiger partial charge in [-0.1, -0.05) is 0 Å². The molecule has 0 spiro atoms. The van der Waals surface area contributed by atoms with Crippen molar-refractivity contribution in [1.82, 2.24) is 9.78 Å². The number of nitrogens with zero attached hydrogens (tertiary/aromatic N) is 3. The zero-order valence-electron chi connectivity index (χ0n) is 14.2. The molecule has 11 heteroatoms. The van der Waals surface area contributed by atoms with E-state index in [4.69, 9.17) is 24.2 Å². The lowest BCUT2D eigenvalue weighted by Gasteiger charge is -2.23. The van der Waals surface area contributed by atoms with E-state index in [1.54, 1.807) is 0 Å². The molecular formula is C15H16IN3O7. The van der Waals surface area contributed by atoms with Crippen molar-refractivity contribution in [2.45, 2.75) is 45.3 Å². The Kier molecular flexibility index (Phi) is 6.54. The van der Waals surface area contributed by atoms with Crippen LogP contribution in [0.2, 0.25) is 0 Å². The highest BCUT2D eigenvalue weighted by atomic mass is 127. The van der Waals surface area contributed by atoms with E-state index in [2.05, 4.69) is 5.10 Å². The lowest BCUT2D eigenvalue weighted by molar-refractivity contribution is -0.166. The Hall–Kier alpha value is -2.20. The summed E-state index contributed by atoms with van der Waals surface area (Å²) in [6, 6.07) is 1.98. The van der Waals surface area contributed by atoms with Crippen molar-refractivity contribution in [3.8, 4) is 6.07 Å². The van der Waals surface area contributed by atoms with Crippen molar-refractivity contribution in [3.05, 3.63) is 15.5 Å². The monoisotopic (exact) mass is 477 g/mol. The van der Waals surface area contributed by atoms with E-state index in [9.17, 15) is 14.4 Å². The molecule has 1 saturated heterocycles. The van der Waals surface area contributed by atoms with Gasteiger partial charge in [0.05, 0.1) is 6.20 Å². The van der Waals surface area contributed by atoms with Crippen LogP contribution in [0.4, 0.5) is 0 Å². The number of carbonyl (C=O) groups excluding carboxylic acids is 3. The third kappa shape index (κ3) is 4.50. The standard InChI is InChI=1S/C15H16IN3O7/c1-7(20)23-6-11-12(24-8(2)21)13(25-9(3)22)15(26-11)19-14(16)10(4-17)5-18-19/h5,11-13,15H,6H2,1-3H3/t11-,12-,13-,15-/m1/s1. The van der Waals surface area contributed by atoms with Crippen molar-refractivity contribution in [3.63, 3.8) is 0 Å². The number of hydrogen-bond donors (Lipinski definition) is 0. The smallest absolute Gasteiger partial charge is 0.303 e. The number of rotatable bonds is 5. The number of carbonyl (C=O) groups is 3. The van der Waals surface area contributed by atoms with Crippen LogP contribution < -0.4 is 0 Å². The summed E-state index contributed by atoms with van der Waals surface area (Å²) in [4.78, 5) is 34.1. The SMILES string of the molecule is CC(=O)OC[C@H]1O[C@@H](n2ncc(C#N)c2I)[C@H](OC(C)=O)[C@@H]1OC(C)=O. The van der Waals surface area contributed by atoms with E-state index in [1.165, 1.54) is 31.6 Å². The Bertz CT molecular complexity index is 757. The zero-order valence-corrected chi connectivity index (χ0v) is 16.3. The average Bonchev–Trinajstić information content (AvgIpc) is 3.06. The first-order chi connectivity index (χ1) is 12.2. The normalized spacial score (nSPS) is 24.6. The number of aromatic nitrogens is 2. The fraction of sp³-hybridized carbons (Fsp3) is 0.533. The molecule has 1 aromatic heterocycles. The maximum atomic E-state index is 11.5. The third-order valence-corrected chi connectivity index (χ3v) is 4.51. The summed E-state index contributed by atoms with van der Waals surface area (Å²) in [6.07, 6.45) is -2.53. The Morgan fingerprint density at radius 1 is 1.23 bits per heavy atom. The Morgan fingerprint density at radius 2 is 1.85 bits per heavy atom. The quantitative estimate of drug-likeness (QED) is 0.342. The fourth-order valence-corrected chi connectivity index (χ4v) is 3.15. The van der Waals surface area contributed by atoms with Crippen molar-refractivity contribution in [2.24, 2.45) is 0 Å². The number of ether oxygens (including phenoxy) is 4. The second-order valence-corrected chi connectivity index (χ2v) is 6.44. The lowest BCUT2D eigenvalue weighted by Crippen LogP contribution is -2.40. The van der Waals surface area contributed by atoms with Gasteiger partial charge in [-0.05, 0) is 22.6 Å². The first-order valence-electron chi connectivity index (χ1n) is 7.51. The van der Waals surface area contributed by atoms with Gasteiger partial charge in [0.25, 0.3) is 0 Å². The summed E-state index contributed by atoms with van der Waals surface area (Å²) in [7, 11) is 0. The van der Waals surface area contributed by atoms with Crippen LogP contribution in [0.25, 0.3) is 0 Å². The molecule has 1 aromatic rings. The molecule has 0 radical (unpaired) electrons. The molecule has 1 aliphatic heterocycles. The summed E-state index contributed by atoms with van der Waals surface area (Å²) >= 11 is 1.91. The first-order valence-corrected chi connectivity index (χ1v) is 8.58. The van der Waals surface area contributed by atoms with Crippen LogP contribution in [-0.2, 0) is 33.3 Å². The maximum absolute atomic E-state index is 11.5. The van der Waals surface area contributed by atoms with E-state index in [0.717, 1.165) is 0 Å². The molecular weight excluding hydrogens is 461 g/mol. The van der Waals surface area contributed by atoms with Crippen molar-refractivity contribution in [2.75, 3.05) is 6.61 Å². The summed E-state index contributed by atoms with van der Waals surface area (Å²) in [6.45, 7) is 3.43. The molecule has 0 N–H and O–H groups in total. The van der Waals surface area contributed by atoms with Gasteiger partial charge in [0.1, 0.15) is 28.0 Å². The van der Waals surface area contributed by atoms with Crippen LogP contribution in [0.5, 0.6) is 0 Å². The molecule has 1 aliphatic rings. The molecule has 2 heterocycles. The molecule has 2 rings (SSSR count). The molecule has 4 atom stereocenters. The highest BCUT2D eigenvalue weighted by Gasteiger charge is 2.51. The predicted molar refractivity (Wildman–Crippen MR) is 91.3 cm³/mol. The fourth-order valence-electron chi connectivity index (χ4n) is 2.49. The molecule has 10 nitrogen and oxygen atoms in total. The van der Waals surface area contributed by atoms with Crippen molar-refractivity contribution in [1.29, 1.82) is 5.26 Å². The highest BCUT2D eigenvalue weighted by molar-refractivity contribution is 14.1. The van der Waals surface area contributed by atoms with E-state index >= 15 is 0 Å². The number of halogens is 1. The first kappa shape index (κ1) is 20.1. The molecule has 0 unspecified atom stereocenters. The second kappa shape index (κ2) is 8.45. The minimum Gasteiger partial charge on any atom is -0.463 e. The highest BCUT2D eigenvalue weighted by Crippen LogP contribution is 2.35. The Balaban J connectivity index is 2.39. The summed E-state index contributed by atoms with van der Waals surface area (Å²) in [5, 5.41) is 13.2. The minimum atomic E-state index is -1.03. The largest absolute Gasteiger partial charge is 0.463 e. The van der Waals surface area contributed by atoms with Gasteiger partial charge in [0.2, 0.25) is 0 Å². The Labute approximate surface area is 162 Å². The molecule has 1 fully saturated rings. The molecule has 0 saturated carbocycles. The van der Waals surface area contributed by atoms with Gasteiger partial charge >= 0.3 is 17.9 Å². The van der Waals surface area contributed by atoms with Crippen LogP contribution in [0.1, 0.15) is 32.6 Å². The van der Waals surface area contributed by atoms with Gasteiger partial charge in [-0.3, -0.25) is 14.4 Å². The zero-order chi connectivity index (χ0) is 19.4. The summed E-state index contributed by atoms with van der Waals surface area (Å²) in [5.41, 5.74) is 0.309. The van der Waals surface area contributed by atoms with Crippen LogP contribution in [0.3, 0.4) is 0 Å². The molecule has 26 heavy (non-hydrogen) atoms. The van der Waals surface area contributed by atoms with Gasteiger partial charge in [0.15, 0.2) is 18.4 Å². The van der Waals surface area contributed by atoms with Crippen LogP contribution in [0, 0.1) is 15.0 Å². The van der Waals surface area contributed by atoms with E-state index < -0.39 is 42.4 Å². The van der Waals surface area contributed by atoms with E-state index in [1.807, 2.05) is 28.7 Å². The summed E-state index contributed by atoms with van der Waals surface area (Å²) < 4.78 is 23.1. The van der Waals surface area contributed by atoms with Crippen LogP contribution >= 0.6 is 22.6 Å². The second-order valence-electron chi connectivity index (χ2n) is 5.42. The third-order valence-electron chi connectivity index (χ3n) is 3.44. The molecule has 0 aliphatic carbocycles. The predicted octanol–water partition coefficient (Wildman–Crippen LogP) is 0.683. The van der Waals surface area contributed by atoms with E-state index in [-0.39, 0.29) is 6.61 Å². The molecule has 0 amide bonds. The van der Waals surface area contributed by atoms with Crippen LogP contribution in [-0.4, -0.2) is 52.6 Å². The average molecular weight is 477 g/mol. The number of hydrogen-bond acceptors (Lipinski definition) is 9. The van der Waals surface area contributed by atoms with Gasteiger partial charge in [-0.25, -0.2) is 4.68 Å². The van der Waals surface area contributed by atoms with Crippen molar-refractivity contribution >= 4 is 40.5 Å². The van der Waals surface area contributed by atoms with Gasteiger partial charge in [-0.15, -0.1) is 0 Å². The van der Waals surface area contributed by atoms with Gasteiger partial charge < -0.3 is 18.9 Å². The maximum Gasteiger partial charge on any atom is 0.303 e.